The number of alkyl halides is 6. The molecule has 12 heteroatoms. The first-order chi connectivity index (χ1) is 13.7. The molecule has 0 spiro atoms. The fourth-order valence-corrected chi connectivity index (χ4v) is 3.55. The van der Waals surface area contributed by atoms with Crippen LogP contribution in [0.15, 0.2) is 29.4 Å². The first-order valence-corrected chi connectivity index (χ1v) is 10.3. The molecular weight excluding hydrogens is 438 g/mol. The smallest absolute Gasteiger partial charge is 0.416 e. The fourth-order valence-electron chi connectivity index (χ4n) is 2.44. The van der Waals surface area contributed by atoms with Gasteiger partial charge in [-0.3, -0.25) is 0 Å². The Bertz CT molecular complexity index is 1020. The van der Waals surface area contributed by atoms with Crippen molar-refractivity contribution in [3.8, 4) is 17.1 Å². The molecule has 2 aromatic rings. The van der Waals surface area contributed by atoms with Crippen LogP contribution in [0.2, 0.25) is 0 Å². The molecule has 0 amide bonds. The Morgan fingerprint density at radius 3 is 2.30 bits per heavy atom. The van der Waals surface area contributed by atoms with Gasteiger partial charge in [-0.05, 0) is 26.0 Å². The maximum Gasteiger partial charge on any atom is 0.416 e. The second-order valence-corrected chi connectivity index (χ2v) is 8.68. The molecule has 2 rings (SSSR count). The van der Waals surface area contributed by atoms with Crippen LogP contribution < -0.4 is 4.74 Å². The molecule has 30 heavy (non-hydrogen) atoms. The van der Waals surface area contributed by atoms with Crippen molar-refractivity contribution in [3.63, 3.8) is 0 Å². The number of benzene rings is 1. The predicted octanol–water partition coefficient (Wildman–Crippen LogP) is 4.64. The highest BCUT2D eigenvalue weighted by molar-refractivity contribution is 7.91. The Balaban J connectivity index is 2.59. The first kappa shape index (κ1) is 23.9. The van der Waals surface area contributed by atoms with Crippen molar-refractivity contribution < 1.29 is 39.5 Å². The molecule has 166 valence electrons. The number of hydrogen-bond donors (Lipinski definition) is 0. The molecule has 0 bridgehead atoms. The van der Waals surface area contributed by atoms with Gasteiger partial charge in [-0.15, -0.1) is 0 Å². The summed E-state index contributed by atoms with van der Waals surface area (Å²) < 4.78 is 109. The summed E-state index contributed by atoms with van der Waals surface area (Å²) in [5, 5.41) is 0. The molecule has 1 heterocycles. The number of sulfone groups is 1. The monoisotopic (exact) mass is 456 g/mol. The van der Waals surface area contributed by atoms with Gasteiger partial charge in [0.05, 0.1) is 21.9 Å². The van der Waals surface area contributed by atoms with Crippen molar-refractivity contribution in [2.24, 2.45) is 0 Å². The van der Waals surface area contributed by atoms with E-state index in [1.165, 1.54) is 13.8 Å². The number of halogens is 6. The van der Waals surface area contributed by atoms with Crippen molar-refractivity contribution in [1.82, 2.24) is 9.97 Å². The second-order valence-electron chi connectivity index (χ2n) is 6.43. The molecule has 1 unspecified atom stereocenters. The molecule has 1 aromatic carbocycles. The topological polar surface area (TPSA) is 69.2 Å². The van der Waals surface area contributed by atoms with Crippen LogP contribution in [-0.2, 0) is 16.0 Å². The lowest BCUT2D eigenvalue weighted by Gasteiger charge is -2.19. The minimum Gasteiger partial charge on any atom is -0.471 e. The number of nitrogens with zero attached hydrogens (tertiary/aromatic N) is 2. The molecule has 0 saturated carbocycles. The van der Waals surface area contributed by atoms with Crippen LogP contribution in [0.3, 0.4) is 0 Å². The van der Waals surface area contributed by atoms with E-state index in [4.69, 9.17) is 4.74 Å². The molecule has 0 saturated heterocycles. The van der Waals surface area contributed by atoms with E-state index >= 15 is 0 Å². The predicted molar refractivity (Wildman–Crippen MR) is 95.9 cm³/mol. The van der Waals surface area contributed by atoms with Gasteiger partial charge in [0.2, 0.25) is 5.88 Å². The summed E-state index contributed by atoms with van der Waals surface area (Å²) in [5.41, 5.74) is -1.44. The minimum absolute atomic E-state index is 0.00660. The molecule has 0 aliphatic carbocycles. The third kappa shape index (κ3) is 5.02. The number of ether oxygens (including phenoxy) is 1. The molecule has 0 aliphatic rings. The Labute approximate surface area is 169 Å². The highest BCUT2D eigenvalue weighted by Gasteiger charge is 2.38. The zero-order valence-electron chi connectivity index (χ0n) is 16.1. The van der Waals surface area contributed by atoms with Crippen LogP contribution in [0.25, 0.3) is 11.3 Å². The lowest BCUT2D eigenvalue weighted by molar-refractivity contribution is -0.137. The molecule has 0 radical (unpaired) electrons. The van der Waals surface area contributed by atoms with Crippen LogP contribution >= 0.6 is 0 Å². The molecule has 5 nitrogen and oxygen atoms in total. The van der Waals surface area contributed by atoms with Crippen LogP contribution in [0.4, 0.5) is 26.3 Å². The number of hydrogen-bond acceptors (Lipinski definition) is 5. The largest absolute Gasteiger partial charge is 0.471 e. The molecule has 0 aliphatic heterocycles. The van der Waals surface area contributed by atoms with Crippen LogP contribution in [-0.4, -0.2) is 42.8 Å². The minimum atomic E-state index is -4.78. The summed E-state index contributed by atoms with van der Waals surface area (Å²) in [6.45, 7) is 1.91. The van der Waals surface area contributed by atoms with Crippen LogP contribution in [0.5, 0.6) is 5.88 Å². The van der Waals surface area contributed by atoms with Gasteiger partial charge < -0.3 is 4.74 Å². The zero-order valence-corrected chi connectivity index (χ0v) is 16.9. The molecule has 1 atom stereocenters. The van der Waals surface area contributed by atoms with Gasteiger partial charge in [0.15, 0.2) is 22.6 Å². The van der Waals surface area contributed by atoms with E-state index in [9.17, 15) is 34.8 Å². The van der Waals surface area contributed by atoms with Gasteiger partial charge in [0.25, 0.3) is 0 Å². The summed E-state index contributed by atoms with van der Waals surface area (Å²) in [6.07, 6.45) is -6.38. The summed E-state index contributed by atoms with van der Waals surface area (Å²) in [5.74, 6) is -4.65. The summed E-state index contributed by atoms with van der Waals surface area (Å²) >= 11 is 0. The van der Waals surface area contributed by atoms with Gasteiger partial charge >= 0.3 is 12.1 Å². The Morgan fingerprint density at radius 1 is 1.13 bits per heavy atom. The van der Waals surface area contributed by atoms with Crippen molar-refractivity contribution >= 4 is 9.84 Å². The van der Waals surface area contributed by atoms with E-state index in [0.717, 1.165) is 12.4 Å². The van der Waals surface area contributed by atoms with Crippen LogP contribution in [0.1, 0.15) is 25.0 Å². The average Bonchev–Trinajstić information content (AvgIpc) is 2.66. The average molecular weight is 456 g/mol. The Hall–Kier alpha value is -2.37. The molecule has 0 N–H and O–H groups in total. The molecule has 1 aromatic heterocycles. The maximum atomic E-state index is 13.5. The van der Waals surface area contributed by atoms with E-state index < -0.39 is 50.9 Å². The van der Waals surface area contributed by atoms with E-state index in [0.29, 0.717) is 19.1 Å². The van der Waals surface area contributed by atoms with Gasteiger partial charge in [0, 0.05) is 11.1 Å². The van der Waals surface area contributed by atoms with E-state index in [-0.39, 0.29) is 22.7 Å². The first-order valence-electron chi connectivity index (χ1n) is 8.61. The lowest BCUT2D eigenvalue weighted by Crippen LogP contribution is -2.34. The zero-order chi connectivity index (χ0) is 22.9. The molecular formula is C18H18F6N2O3S. The lowest BCUT2D eigenvalue weighted by atomic mass is 10.1. The standard InChI is InChI=1S/C18H18F6N2O3S/c1-4-30(27,28)14-7-12(18(22,23)24)5-6-13(14)15-10(2)16(26-9-25-15)29-8-17(20,21)11(3)19/h5-7,9,11H,4,8H2,1-3H3. The van der Waals surface area contributed by atoms with E-state index in [1.807, 2.05) is 0 Å². The number of aromatic nitrogens is 2. The highest BCUT2D eigenvalue weighted by Crippen LogP contribution is 2.37. The SMILES string of the molecule is CCS(=O)(=O)c1cc(C(F)(F)F)ccc1-c1ncnc(OCC(F)(F)C(C)F)c1C. The van der Waals surface area contributed by atoms with Gasteiger partial charge in [-0.25, -0.2) is 22.8 Å². The third-order valence-corrected chi connectivity index (χ3v) is 6.07. The maximum absolute atomic E-state index is 13.5. The normalized spacial score (nSPS) is 13.9. The van der Waals surface area contributed by atoms with Gasteiger partial charge in [-0.1, -0.05) is 13.0 Å². The number of rotatable bonds is 7. The summed E-state index contributed by atoms with van der Waals surface area (Å²) in [4.78, 5) is 6.95. The van der Waals surface area contributed by atoms with Crippen molar-refractivity contribution in [2.75, 3.05) is 12.4 Å². The third-order valence-electron chi connectivity index (χ3n) is 4.30. The van der Waals surface area contributed by atoms with Crippen molar-refractivity contribution in [2.45, 2.75) is 43.9 Å². The summed E-state index contributed by atoms with van der Waals surface area (Å²) in [7, 11) is -4.11. The summed E-state index contributed by atoms with van der Waals surface area (Å²) in [6, 6.07) is 2.11. The van der Waals surface area contributed by atoms with Gasteiger partial charge in [0.1, 0.15) is 6.33 Å². The van der Waals surface area contributed by atoms with E-state index in [1.54, 1.807) is 0 Å². The fraction of sp³-hybridized carbons (Fsp3) is 0.444. The Morgan fingerprint density at radius 2 is 1.77 bits per heavy atom. The van der Waals surface area contributed by atoms with Gasteiger partial charge in [-0.2, -0.15) is 22.0 Å². The second kappa shape index (κ2) is 8.40. The van der Waals surface area contributed by atoms with E-state index in [2.05, 4.69) is 9.97 Å². The van der Waals surface area contributed by atoms with Crippen molar-refractivity contribution in [1.29, 1.82) is 0 Å². The highest BCUT2D eigenvalue weighted by atomic mass is 32.2. The van der Waals surface area contributed by atoms with Crippen molar-refractivity contribution in [3.05, 3.63) is 35.7 Å². The molecule has 0 fully saturated rings. The Kier molecular flexibility index (Phi) is 6.69. The van der Waals surface area contributed by atoms with Crippen LogP contribution in [0, 0.1) is 6.92 Å². The quantitative estimate of drug-likeness (QED) is 0.568.